The maximum atomic E-state index is 11.9. The maximum absolute atomic E-state index is 11.9. The van der Waals surface area contributed by atoms with Gasteiger partial charge in [0.15, 0.2) is 5.78 Å². The van der Waals surface area contributed by atoms with Crippen LogP contribution < -0.4 is 0 Å². The lowest BCUT2D eigenvalue weighted by molar-refractivity contribution is 0.0981. The fourth-order valence-electron chi connectivity index (χ4n) is 2.70. The topological polar surface area (TPSA) is 22.0 Å². The third kappa shape index (κ3) is 2.89. The molecule has 0 aliphatic carbocycles. The van der Waals surface area contributed by atoms with Crippen molar-refractivity contribution >= 4 is 16.6 Å². The molecule has 0 fully saturated rings. The Kier molecular flexibility index (Phi) is 3.87. The van der Waals surface area contributed by atoms with E-state index in [-0.39, 0.29) is 5.78 Å². The van der Waals surface area contributed by atoms with Crippen molar-refractivity contribution in [2.75, 3.05) is 0 Å². The lowest BCUT2D eigenvalue weighted by Crippen LogP contribution is -1.99. The van der Waals surface area contributed by atoms with Gasteiger partial charge in [-0.05, 0) is 28.8 Å². The highest BCUT2D eigenvalue weighted by Gasteiger charge is 2.07. The zero-order valence-electron chi connectivity index (χ0n) is 12.3. The number of nitrogens with zero attached hydrogens (tertiary/aromatic N) is 1. The summed E-state index contributed by atoms with van der Waals surface area (Å²) in [6, 6.07) is 16.7. The molecule has 2 aromatic carbocycles. The largest absolute Gasteiger partial charge is 0.349 e. The highest BCUT2D eigenvalue weighted by Crippen LogP contribution is 2.20. The third-order valence-corrected chi connectivity index (χ3v) is 3.78. The second kappa shape index (κ2) is 5.96. The number of ketones is 1. The van der Waals surface area contributed by atoms with Crippen LogP contribution in [0.2, 0.25) is 0 Å². The van der Waals surface area contributed by atoms with E-state index in [0.717, 1.165) is 18.5 Å². The molecule has 0 aliphatic rings. The van der Waals surface area contributed by atoms with Gasteiger partial charge in [-0.1, -0.05) is 49.4 Å². The Hall–Kier alpha value is -2.35. The molecule has 1 heterocycles. The Morgan fingerprint density at radius 3 is 2.71 bits per heavy atom. The highest BCUT2D eigenvalue weighted by molar-refractivity contribution is 5.95. The molecule has 3 rings (SSSR count). The molecule has 3 aromatic rings. The molecule has 2 heteroatoms. The number of rotatable bonds is 5. The van der Waals surface area contributed by atoms with Crippen molar-refractivity contribution in [2.24, 2.45) is 0 Å². The van der Waals surface area contributed by atoms with Gasteiger partial charge < -0.3 is 4.57 Å². The van der Waals surface area contributed by atoms with Crippen molar-refractivity contribution in [1.82, 2.24) is 4.57 Å². The number of hydrogen-bond donors (Lipinski definition) is 0. The van der Waals surface area contributed by atoms with Gasteiger partial charge in [0.05, 0.1) is 0 Å². The van der Waals surface area contributed by atoms with E-state index in [2.05, 4.69) is 47.0 Å². The number of carbonyl (C=O) groups excluding carboxylic acids is 1. The Bertz CT molecular complexity index is 765. The molecule has 0 spiro atoms. The first kappa shape index (κ1) is 13.6. The van der Waals surface area contributed by atoms with Crippen molar-refractivity contribution < 1.29 is 4.79 Å². The number of Topliss-reactive ketones (excluding diaryl/α,β-unsaturated/α-hetero) is 1. The van der Waals surface area contributed by atoms with Gasteiger partial charge >= 0.3 is 0 Å². The minimum atomic E-state index is 0.231. The molecule has 0 amide bonds. The van der Waals surface area contributed by atoms with Gasteiger partial charge in [-0.15, -0.1) is 0 Å². The summed E-state index contributed by atoms with van der Waals surface area (Å²) in [5.41, 5.74) is 2.09. The van der Waals surface area contributed by atoms with E-state index in [0.29, 0.717) is 6.42 Å². The SMILES string of the molecule is CCCC(=O)c1ccn(Cc2cccc3ccccc23)c1. The standard InChI is InChI=1S/C19H19NO/c1-2-6-19(21)17-11-12-20(14-17)13-16-9-5-8-15-7-3-4-10-18(15)16/h3-5,7-12,14H,2,6,13H2,1H3. The summed E-state index contributed by atoms with van der Waals surface area (Å²) in [5.74, 6) is 0.231. The first-order valence-electron chi connectivity index (χ1n) is 7.43. The van der Waals surface area contributed by atoms with E-state index >= 15 is 0 Å². The van der Waals surface area contributed by atoms with E-state index < -0.39 is 0 Å². The number of hydrogen-bond acceptors (Lipinski definition) is 1. The summed E-state index contributed by atoms with van der Waals surface area (Å²) in [7, 11) is 0. The first-order valence-corrected chi connectivity index (χ1v) is 7.43. The molecular formula is C19H19NO. The van der Waals surface area contributed by atoms with Crippen molar-refractivity contribution in [2.45, 2.75) is 26.3 Å². The zero-order chi connectivity index (χ0) is 14.7. The summed E-state index contributed by atoms with van der Waals surface area (Å²) >= 11 is 0. The molecular weight excluding hydrogens is 258 g/mol. The van der Waals surface area contributed by atoms with Gasteiger partial charge in [0.1, 0.15) is 0 Å². The van der Waals surface area contributed by atoms with Crippen LogP contribution in [0.15, 0.2) is 60.9 Å². The molecule has 0 saturated carbocycles. The first-order chi connectivity index (χ1) is 10.3. The zero-order valence-corrected chi connectivity index (χ0v) is 12.3. The molecule has 0 aliphatic heterocycles. The second-order valence-corrected chi connectivity index (χ2v) is 5.38. The molecule has 0 unspecified atom stereocenters. The van der Waals surface area contributed by atoms with Crippen LogP contribution >= 0.6 is 0 Å². The van der Waals surface area contributed by atoms with Crippen LogP contribution in [0.4, 0.5) is 0 Å². The third-order valence-electron chi connectivity index (χ3n) is 3.78. The van der Waals surface area contributed by atoms with Gasteiger partial charge in [0, 0.05) is 30.9 Å². The van der Waals surface area contributed by atoms with Crippen LogP contribution in [-0.2, 0) is 6.54 Å². The molecule has 0 atom stereocenters. The smallest absolute Gasteiger partial charge is 0.164 e. The normalized spacial score (nSPS) is 10.9. The number of aromatic nitrogens is 1. The molecule has 21 heavy (non-hydrogen) atoms. The van der Waals surface area contributed by atoms with E-state index in [4.69, 9.17) is 0 Å². The molecule has 106 valence electrons. The quantitative estimate of drug-likeness (QED) is 0.621. The van der Waals surface area contributed by atoms with Gasteiger partial charge in [0.25, 0.3) is 0 Å². The van der Waals surface area contributed by atoms with E-state index in [1.165, 1.54) is 16.3 Å². The fourth-order valence-corrected chi connectivity index (χ4v) is 2.70. The maximum Gasteiger partial charge on any atom is 0.164 e. The van der Waals surface area contributed by atoms with Crippen molar-refractivity contribution in [3.8, 4) is 0 Å². The van der Waals surface area contributed by atoms with Gasteiger partial charge in [-0.3, -0.25) is 4.79 Å². The average Bonchev–Trinajstić information content (AvgIpc) is 2.97. The molecule has 0 bridgehead atoms. The minimum Gasteiger partial charge on any atom is -0.349 e. The van der Waals surface area contributed by atoms with Gasteiger partial charge in [0.2, 0.25) is 0 Å². The molecule has 2 nitrogen and oxygen atoms in total. The summed E-state index contributed by atoms with van der Waals surface area (Å²) < 4.78 is 2.09. The number of carbonyl (C=O) groups is 1. The minimum absolute atomic E-state index is 0.231. The highest BCUT2D eigenvalue weighted by atomic mass is 16.1. The average molecular weight is 277 g/mol. The van der Waals surface area contributed by atoms with Gasteiger partial charge in [-0.25, -0.2) is 0 Å². The van der Waals surface area contributed by atoms with Crippen LogP contribution in [-0.4, -0.2) is 10.4 Å². The summed E-state index contributed by atoms with van der Waals surface area (Å²) in [6.45, 7) is 2.83. The van der Waals surface area contributed by atoms with Gasteiger partial charge in [-0.2, -0.15) is 0 Å². The monoisotopic (exact) mass is 277 g/mol. The van der Waals surface area contributed by atoms with E-state index in [1.807, 2.05) is 25.4 Å². The Labute approximate surface area is 125 Å². The molecule has 0 N–H and O–H groups in total. The number of benzene rings is 2. The fraction of sp³-hybridized carbons (Fsp3) is 0.211. The van der Waals surface area contributed by atoms with Crippen LogP contribution in [0.5, 0.6) is 0 Å². The van der Waals surface area contributed by atoms with E-state index in [1.54, 1.807) is 0 Å². The number of fused-ring (bicyclic) bond motifs is 1. The summed E-state index contributed by atoms with van der Waals surface area (Å²) in [6.07, 6.45) is 5.47. The Morgan fingerprint density at radius 1 is 1.05 bits per heavy atom. The van der Waals surface area contributed by atoms with Crippen LogP contribution in [0.3, 0.4) is 0 Å². The molecule has 1 aromatic heterocycles. The summed E-state index contributed by atoms with van der Waals surface area (Å²) in [5, 5.41) is 2.53. The van der Waals surface area contributed by atoms with Crippen LogP contribution in [0.25, 0.3) is 10.8 Å². The van der Waals surface area contributed by atoms with Crippen molar-refractivity contribution in [1.29, 1.82) is 0 Å². The lowest BCUT2D eigenvalue weighted by atomic mass is 10.0. The lowest BCUT2D eigenvalue weighted by Gasteiger charge is -2.07. The predicted molar refractivity (Wildman–Crippen MR) is 86.7 cm³/mol. The van der Waals surface area contributed by atoms with Crippen LogP contribution in [0, 0.1) is 0 Å². The molecule has 0 saturated heterocycles. The van der Waals surface area contributed by atoms with Crippen molar-refractivity contribution in [3.05, 3.63) is 72.1 Å². The van der Waals surface area contributed by atoms with Crippen LogP contribution in [0.1, 0.15) is 35.7 Å². The second-order valence-electron chi connectivity index (χ2n) is 5.38. The predicted octanol–water partition coefficient (Wildman–Crippen LogP) is 4.67. The van der Waals surface area contributed by atoms with E-state index in [9.17, 15) is 4.79 Å². The molecule has 0 radical (unpaired) electrons. The Morgan fingerprint density at radius 2 is 1.86 bits per heavy atom. The summed E-state index contributed by atoms with van der Waals surface area (Å²) in [4.78, 5) is 11.9. The Balaban J connectivity index is 1.87. The van der Waals surface area contributed by atoms with Crippen molar-refractivity contribution in [3.63, 3.8) is 0 Å².